The molecule has 2 aromatic heterocycles. The molecule has 4 N–H and O–H groups in total. The first kappa shape index (κ1) is 42.7. The van der Waals surface area contributed by atoms with Crippen LogP contribution in [0, 0.1) is 11.6 Å². The van der Waals surface area contributed by atoms with E-state index in [2.05, 4.69) is 29.9 Å². The predicted molar refractivity (Wildman–Crippen MR) is 216 cm³/mol. The monoisotopic (exact) mass is 850 g/mol. The second kappa shape index (κ2) is 19.3. The Morgan fingerprint density at radius 2 is 1.09 bits per heavy atom. The average Bonchev–Trinajstić information content (AvgIpc) is 4.17. The Bertz CT molecular complexity index is 2410. The number of aliphatic hydroxyl groups is 2. The van der Waals surface area contributed by atoms with Gasteiger partial charge < -0.3 is 29.7 Å². The van der Waals surface area contributed by atoms with Gasteiger partial charge in [-0.25, -0.2) is 13.8 Å². The lowest BCUT2D eigenvalue weighted by atomic mass is 9.79. The van der Waals surface area contributed by atoms with Crippen molar-refractivity contribution in [2.75, 3.05) is 14.2 Å². The van der Waals surface area contributed by atoms with Crippen LogP contribution in [0.2, 0.25) is 15.3 Å². The minimum absolute atomic E-state index is 0.0548. The number of halogens is 5. The lowest BCUT2D eigenvalue weighted by Crippen LogP contribution is -2.31. The van der Waals surface area contributed by atoms with E-state index in [0.29, 0.717) is 67.4 Å². The van der Waals surface area contributed by atoms with Gasteiger partial charge in [0, 0.05) is 27.2 Å². The summed E-state index contributed by atoms with van der Waals surface area (Å²) in [5.41, 5.74) is 4.87. The van der Waals surface area contributed by atoms with Crippen LogP contribution >= 0.6 is 34.8 Å². The summed E-state index contributed by atoms with van der Waals surface area (Å²) in [6, 6.07) is 19.7. The van der Waals surface area contributed by atoms with Crippen molar-refractivity contribution < 1.29 is 38.5 Å². The molecule has 0 spiro atoms. The van der Waals surface area contributed by atoms with Crippen molar-refractivity contribution in [1.29, 1.82) is 0 Å². The van der Waals surface area contributed by atoms with E-state index in [1.165, 1.54) is 38.5 Å². The highest BCUT2D eigenvalue weighted by Crippen LogP contribution is 2.43. The SMILES string of the molecule is COc1nc(-c2ccc(F)c(C3CC3)c2)nc(-c2cc(CO)ccc2Cl)n1.COc1nc(Cl)nc(-c2ccc(F)c(C3CC3)c2)n1.OCc1ccc(Cl)c(B(O)O)c1. The van der Waals surface area contributed by atoms with Crippen molar-refractivity contribution >= 4 is 47.4 Å². The molecule has 18 heteroatoms. The number of benzene rings is 4. The normalized spacial score (nSPS) is 13.2. The number of aromatic nitrogens is 6. The van der Waals surface area contributed by atoms with Crippen molar-refractivity contribution in [3.8, 4) is 46.2 Å². The van der Waals surface area contributed by atoms with E-state index in [4.69, 9.17) is 59.4 Å². The van der Waals surface area contributed by atoms with Crippen LogP contribution in [0.15, 0.2) is 72.8 Å². The summed E-state index contributed by atoms with van der Waals surface area (Å²) < 4.78 is 38.0. The molecular weight excluding hydrogens is 816 g/mol. The van der Waals surface area contributed by atoms with Gasteiger partial charge in [-0.2, -0.15) is 24.9 Å². The Morgan fingerprint density at radius 1 is 0.603 bits per heavy atom. The predicted octanol–water partition coefficient (Wildman–Crippen LogP) is 7.11. The van der Waals surface area contributed by atoms with E-state index < -0.39 is 7.12 Å². The Morgan fingerprint density at radius 3 is 1.59 bits per heavy atom. The van der Waals surface area contributed by atoms with E-state index in [0.717, 1.165) is 25.7 Å². The first-order valence-electron chi connectivity index (χ1n) is 17.9. The highest BCUT2D eigenvalue weighted by atomic mass is 35.5. The molecule has 0 bridgehead atoms. The first-order chi connectivity index (χ1) is 27.9. The molecule has 2 aliphatic rings. The van der Waals surface area contributed by atoms with Crippen molar-refractivity contribution in [3.63, 3.8) is 0 Å². The van der Waals surface area contributed by atoms with E-state index in [1.807, 2.05) is 0 Å². The molecule has 0 radical (unpaired) electrons. The van der Waals surface area contributed by atoms with Crippen molar-refractivity contribution in [2.45, 2.75) is 50.7 Å². The Labute approximate surface area is 347 Å². The van der Waals surface area contributed by atoms with Crippen molar-refractivity contribution in [2.24, 2.45) is 0 Å². The molecule has 300 valence electrons. The fraction of sp³-hybridized carbons (Fsp3) is 0.250. The molecule has 2 heterocycles. The zero-order valence-corrected chi connectivity index (χ0v) is 33.3. The maximum Gasteiger partial charge on any atom is 0.489 e. The summed E-state index contributed by atoms with van der Waals surface area (Å²) >= 11 is 17.8. The van der Waals surface area contributed by atoms with Crippen LogP contribution in [0.4, 0.5) is 8.78 Å². The number of hydrogen-bond acceptors (Lipinski definition) is 12. The number of hydrogen-bond donors (Lipinski definition) is 4. The molecule has 0 unspecified atom stereocenters. The smallest absolute Gasteiger partial charge is 0.467 e. The van der Waals surface area contributed by atoms with Crippen molar-refractivity contribution in [1.82, 2.24) is 29.9 Å². The zero-order valence-electron chi connectivity index (χ0n) is 31.1. The molecule has 2 saturated carbocycles. The van der Waals surface area contributed by atoms with Crippen LogP contribution in [0.5, 0.6) is 12.0 Å². The van der Waals surface area contributed by atoms with Crippen LogP contribution < -0.4 is 14.9 Å². The second-order valence-corrected chi connectivity index (χ2v) is 14.4. The summed E-state index contributed by atoms with van der Waals surface area (Å²) in [6.07, 6.45) is 4.05. The van der Waals surface area contributed by atoms with Gasteiger partial charge in [-0.3, -0.25) is 0 Å². The van der Waals surface area contributed by atoms with Crippen molar-refractivity contribution in [3.05, 3.63) is 122 Å². The number of rotatable bonds is 10. The summed E-state index contributed by atoms with van der Waals surface area (Å²) in [6.45, 7) is -0.265. The largest absolute Gasteiger partial charge is 0.489 e. The Kier molecular flexibility index (Phi) is 14.2. The number of nitrogens with zero attached hydrogens (tertiary/aromatic N) is 6. The average molecular weight is 852 g/mol. The molecule has 0 atom stereocenters. The second-order valence-electron chi connectivity index (χ2n) is 13.3. The van der Waals surface area contributed by atoms with E-state index >= 15 is 0 Å². The zero-order chi connectivity index (χ0) is 41.5. The highest BCUT2D eigenvalue weighted by molar-refractivity contribution is 6.62. The van der Waals surface area contributed by atoms with Crippen LogP contribution in [-0.4, -0.2) is 71.5 Å². The third kappa shape index (κ3) is 10.8. The van der Waals surface area contributed by atoms with Gasteiger partial charge in [-0.05, 0) is 126 Å². The molecular formula is C40H36BCl3F2N6O6. The maximum atomic E-state index is 14.1. The summed E-state index contributed by atoms with van der Waals surface area (Å²) in [7, 11) is 1.33. The lowest BCUT2D eigenvalue weighted by Gasteiger charge is -2.10. The van der Waals surface area contributed by atoms with Crippen LogP contribution in [-0.2, 0) is 13.2 Å². The van der Waals surface area contributed by atoms with E-state index in [1.54, 1.807) is 48.5 Å². The molecule has 2 fully saturated rings. The Hall–Kier alpha value is -4.87. The van der Waals surface area contributed by atoms with Gasteiger partial charge >= 0.3 is 19.1 Å². The minimum Gasteiger partial charge on any atom is -0.467 e. The topological polar surface area (TPSA) is 177 Å². The fourth-order valence-corrected chi connectivity index (χ4v) is 6.33. The highest BCUT2D eigenvalue weighted by Gasteiger charge is 2.28. The van der Waals surface area contributed by atoms with E-state index in [-0.39, 0.29) is 58.6 Å². The maximum absolute atomic E-state index is 14.1. The molecule has 0 amide bonds. The number of aliphatic hydroxyl groups excluding tert-OH is 2. The van der Waals surface area contributed by atoms with Gasteiger partial charge in [0.2, 0.25) is 5.28 Å². The van der Waals surface area contributed by atoms with E-state index in [9.17, 15) is 13.9 Å². The van der Waals surface area contributed by atoms with Crippen LogP contribution in [0.3, 0.4) is 0 Å². The third-order valence-corrected chi connectivity index (χ3v) is 9.93. The first-order valence-corrected chi connectivity index (χ1v) is 19.0. The molecule has 8 rings (SSSR count). The molecule has 2 aliphatic carbocycles. The summed E-state index contributed by atoms with van der Waals surface area (Å²) in [5.74, 6) is 1.29. The standard InChI is InChI=1S/C20H17ClFN3O2.C13H11ClFN3O.C7H8BClO3/c1-27-20-24-18(13-5-7-17(22)14(9-13)12-3-4-12)23-19(25-20)15-8-11(10-26)2-6-16(15)21;1-19-13-17-11(16-12(14)18-13)8-4-5-10(15)9(6-8)7-2-3-7;9-7-2-1-5(4-10)3-6(7)8(11)12/h2,5-9,12,26H,3-4,10H2,1H3;4-7H,2-3H2,1H3;1-3,10-12H,4H2. The molecule has 4 aromatic carbocycles. The lowest BCUT2D eigenvalue weighted by molar-refractivity contribution is 0.281. The quantitative estimate of drug-likeness (QED) is 0.103. The summed E-state index contributed by atoms with van der Waals surface area (Å²) in [5, 5.41) is 36.5. The third-order valence-electron chi connectivity index (χ3n) is 9.09. The molecule has 6 aromatic rings. The van der Waals surface area contributed by atoms with Gasteiger partial charge in [0.25, 0.3) is 0 Å². The van der Waals surface area contributed by atoms with Gasteiger partial charge in [0.05, 0.1) is 32.5 Å². The van der Waals surface area contributed by atoms with Gasteiger partial charge in [-0.1, -0.05) is 41.4 Å². The number of ether oxygens (including phenoxy) is 2. The molecule has 12 nitrogen and oxygen atoms in total. The fourth-order valence-electron chi connectivity index (χ4n) is 5.76. The molecule has 0 saturated heterocycles. The van der Waals surface area contributed by atoms with Gasteiger partial charge in [-0.15, -0.1) is 0 Å². The Balaban J connectivity index is 0.000000159. The van der Waals surface area contributed by atoms with Gasteiger partial charge in [0.1, 0.15) is 11.6 Å². The summed E-state index contributed by atoms with van der Waals surface area (Å²) in [4.78, 5) is 25.1. The van der Waals surface area contributed by atoms with Crippen LogP contribution in [0.1, 0.15) is 59.8 Å². The molecule has 58 heavy (non-hydrogen) atoms. The van der Waals surface area contributed by atoms with Crippen LogP contribution in [0.25, 0.3) is 34.2 Å². The minimum atomic E-state index is -1.59. The number of methoxy groups -OCH3 is 2. The molecule has 0 aliphatic heterocycles. The van der Waals surface area contributed by atoms with Gasteiger partial charge in [0.15, 0.2) is 17.5 Å².